The van der Waals surface area contributed by atoms with Crippen molar-refractivity contribution in [2.24, 2.45) is 5.92 Å². The third kappa shape index (κ3) is 1.83. The first-order valence-electron chi connectivity index (χ1n) is 5.49. The predicted octanol–water partition coefficient (Wildman–Crippen LogP) is 1.81. The molecule has 4 nitrogen and oxygen atoms in total. The molecule has 0 aliphatic carbocycles. The molecule has 0 spiro atoms. The highest BCUT2D eigenvalue weighted by Gasteiger charge is 2.26. The summed E-state index contributed by atoms with van der Waals surface area (Å²) in [6.07, 6.45) is 1.18. The fraction of sp³-hybridized carbons (Fsp3) is 0.417. The molecule has 16 heavy (non-hydrogen) atoms. The van der Waals surface area contributed by atoms with E-state index in [2.05, 4.69) is 11.8 Å². The van der Waals surface area contributed by atoms with E-state index in [4.69, 9.17) is 10.8 Å². The van der Waals surface area contributed by atoms with Crippen LogP contribution in [-0.4, -0.2) is 24.2 Å². The Labute approximate surface area is 94.7 Å². The molecule has 1 aliphatic rings. The lowest BCUT2D eigenvalue weighted by atomic mass is 9.96. The van der Waals surface area contributed by atoms with Gasteiger partial charge in [-0.05, 0) is 30.5 Å². The van der Waals surface area contributed by atoms with Crippen molar-refractivity contribution in [3.63, 3.8) is 0 Å². The average Bonchev–Trinajstić information content (AvgIpc) is 2.18. The van der Waals surface area contributed by atoms with Gasteiger partial charge in [0.2, 0.25) is 0 Å². The molecule has 1 saturated heterocycles. The summed E-state index contributed by atoms with van der Waals surface area (Å²) in [6, 6.07) is 4.93. The lowest BCUT2D eigenvalue weighted by molar-refractivity contribution is 0.0697. The summed E-state index contributed by atoms with van der Waals surface area (Å²) >= 11 is 0. The molecule has 0 bridgehead atoms. The smallest absolute Gasteiger partial charge is 0.335 e. The molecule has 1 heterocycles. The van der Waals surface area contributed by atoms with Crippen molar-refractivity contribution >= 4 is 17.3 Å². The van der Waals surface area contributed by atoms with Crippen LogP contribution in [0.4, 0.5) is 11.4 Å². The first kappa shape index (κ1) is 10.8. The predicted molar refractivity (Wildman–Crippen MR) is 63.8 cm³/mol. The van der Waals surface area contributed by atoms with Gasteiger partial charge in [0.1, 0.15) is 0 Å². The van der Waals surface area contributed by atoms with E-state index in [9.17, 15) is 4.79 Å². The second-order valence-corrected chi connectivity index (χ2v) is 4.26. The van der Waals surface area contributed by atoms with Gasteiger partial charge < -0.3 is 15.7 Å². The number of benzene rings is 1. The van der Waals surface area contributed by atoms with Gasteiger partial charge in [0.05, 0.1) is 16.9 Å². The monoisotopic (exact) mass is 220 g/mol. The number of hydrogen-bond acceptors (Lipinski definition) is 3. The van der Waals surface area contributed by atoms with Gasteiger partial charge in [0, 0.05) is 13.1 Å². The van der Waals surface area contributed by atoms with Crippen molar-refractivity contribution in [2.75, 3.05) is 23.7 Å². The van der Waals surface area contributed by atoms with Crippen LogP contribution < -0.4 is 10.6 Å². The zero-order valence-corrected chi connectivity index (χ0v) is 9.31. The van der Waals surface area contributed by atoms with E-state index in [1.807, 2.05) is 0 Å². The Morgan fingerprint density at radius 2 is 2.25 bits per heavy atom. The number of nitrogens with zero attached hydrogens (tertiary/aromatic N) is 1. The molecule has 2 rings (SSSR count). The van der Waals surface area contributed by atoms with Crippen LogP contribution in [0.15, 0.2) is 18.2 Å². The molecule has 0 aromatic heterocycles. The summed E-state index contributed by atoms with van der Waals surface area (Å²) in [5, 5.41) is 8.82. The number of carboxylic acid groups (broad SMARTS) is 1. The topological polar surface area (TPSA) is 66.6 Å². The van der Waals surface area contributed by atoms with Gasteiger partial charge in [-0.1, -0.05) is 6.92 Å². The summed E-state index contributed by atoms with van der Waals surface area (Å²) in [6.45, 7) is 4.22. The minimum atomic E-state index is -0.937. The van der Waals surface area contributed by atoms with Crippen LogP contribution in [0.1, 0.15) is 23.7 Å². The van der Waals surface area contributed by atoms with Crippen molar-refractivity contribution in [3.8, 4) is 0 Å². The second-order valence-electron chi connectivity index (χ2n) is 4.26. The number of nitrogen functional groups attached to an aromatic ring is 1. The van der Waals surface area contributed by atoms with Crippen LogP contribution in [0.5, 0.6) is 0 Å². The van der Waals surface area contributed by atoms with Gasteiger partial charge in [-0.25, -0.2) is 4.79 Å². The number of aromatic carboxylic acids is 1. The van der Waals surface area contributed by atoms with Gasteiger partial charge in [-0.3, -0.25) is 0 Å². The number of anilines is 2. The first-order valence-corrected chi connectivity index (χ1v) is 5.49. The molecule has 0 amide bonds. The Hall–Kier alpha value is -1.71. The van der Waals surface area contributed by atoms with Gasteiger partial charge >= 0.3 is 5.97 Å². The van der Waals surface area contributed by atoms with Crippen molar-refractivity contribution < 1.29 is 9.90 Å². The lowest BCUT2D eigenvalue weighted by Crippen LogP contribution is -2.46. The van der Waals surface area contributed by atoms with Gasteiger partial charge in [-0.15, -0.1) is 0 Å². The van der Waals surface area contributed by atoms with E-state index in [1.165, 1.54) is 12.5 Å². The van der Waals surface area contributed by atoms with Crippen molar-refractivity contribution in [1.29, 1.82) is 0 Å². The standard InChI is InChI=1S/C12H16N2O2/c1-2-8-6-14(7-8)11-4-3-9(12(15)16)5-10(11)13/h3-5,8H,2,6-7,13H2,1H3,(H,15,16). The zero-order chi connectivity index (χ0) is 11.7. The molecular weight excluding hydrogens is 204 g/mol. The maximum atomic E-state index is 10.7. The van der Waals surface area contributed by atoms with Crippen molar-refractivity contribution in [3.05, 3.63) is 23.8 Å². The Balaban J connectivity index is 2.15. The minimum absolute atomic E-state index is 0.244. The first-order chi connectivity index (χ1) is 7.61. The SMILES string of the molecule is CCC1CN(c2ccc(C(=O)O)cc2N)C1. The van der Waals surface area contributed by atoms with E-state index in [1.54, 1.807) is 12.1 Å². The number of carbonyl (C=O) groups is 1. The van der Waals surface area contributed by atoms with E-state index < -0.39 is 5.97 Å². The summed E-state index contributed by atoms with van der Waals surface area (Å²) in [7, 11) is 0. The average molecular weight is 220 g/mol. The van der Waals surface area contributed by atoms with E-state index >= 15 is 0 Å². The Morgan fingerprint density at radius 3 is 2.75 bits per heavy atom. The van der Waals surface area contributed by atoms with E-state index in [-0.39, 0.29) is 5.56 Å². The Bertz CT molecular complexity index is 411. The molecule has 86 valence electrons. The van der Waals surface area contributed by atoms with Crippen LogP contribution in [0.3, 0.4) is 0 Å². The van der Waals surface area contributed by atoms with Gasteiger partial charge in [-0.2, -0.15) is 0 Å². The maximum absolute atomic E-state index is 10.7. The van der Waals surface area contributed by atoms with E-state index in [0.29, 0.717) is 5.69 Å². The molecule has 1 aromatic rings. The van der Waals surface area contributed by atoms with Crippen molar-refractivity contribution in [2.45, 2.75) is 13.3 Å². The highest BCUT2D eigenvalue weighted by Crippen LogP contribution is 2.31. The van der Waals surface area contributed by atoms with Crippen LogP contribution in [0.25, 0.3) is 0 Å². The molecule has 1 fully saturated rings. The number of carboxylic acids is 1. The third-order valence-corrected chi connectivity index (χ3v) is 3.15. The fourth-order valence-corrected chi connectivity index (χ4v) is 2.00. The minimum Gasteiger partial charge on any atom is -0.478 e. The molecule has 1 aliphatic heterocycles. The van der Waals surface area contributed by atoms with Crippen LogP contribution in [-0.2, 0) is 0 Å². The molecule has 0 atom stereocenters. The highest BCUT2D eigenvalue weighted by atomic mass is 16.4. The van der Waals surface area contributed by atoms with Crippen molar-refractivity contribution in [1.82, 2.24) is 0 Å². The molecule has 3 N–H and O–H groups in total. The third-order valence-electron chi connectivity index (χ3n) is 3.15. The molecule has 0 unspecified atom stereocenters. The summed E-state index contributed by atoms with van der Waals surface area (Å²) in [5.41, 5.74) is 7.60. The normalized spacial score (nSPS) is 15.9. The Morgan fingerprint density at radius 1 is 1.56 bits per heavy atom. The largest absolute Gasteiger partial charge is 0.478 e. The van der Waals surface area contributed by atoms with E-state index in [0.717, 1.165) is 24.7 Å². The van der Waals surface area contributed by atoms with Crippen LogP contribution in [0, 0.1) is 5.92 Å². The molecule has 0 radical (unpaired) electrons. The van der Waals surface area contributed by atoms with Gasteiger partial charge in [0.25, 0.3) is 0 Å². The summed E-state index contributed by atoms with van der Waals surface area (Å²) in [5.74, 6) is -0.188. The summed E-state index contributed by atoms with van der Waals surface area (Å²) in [4.78, 5) is 12.9. The summed E-state index contributed by atoms with van der Waals surface area (Å²) < 4.78 is 0. The molecule has 4 heteroatoms. The zero-order valence-electron chi connectivity index (χ0n) is 9.31. The second kappa shape index (κ2) is 4.04. The molecule has 1 aromatic carbocycles. The van der Waals surface area contributed by atoms with Gasteiger partial charge in [0.15, 0.2) is 0 Å². The number of hydrogen-bond donors (Lipinski definition) is 2. The quantitative estimate of drug-likeness (QED) is 0.762. The lowest BCUT2D eigenvalue weighted by Gasteiger charge is -2.41. The molecular formula is C12H16N2O2. The van der Waals surface area contributed by atoms with Crippen LogP contribution in [0.2, 0.25) is 0 Å². The van der Waals surface area contributed by atoms with Crippen LogP contribution >= 0.6 is 0 Å². The Kier molecular flexibility index (Phi) is 2.73. The fourth-order valence-electron chi connectivity index (χ4n) is 2.00. The number of nitrogens with two attached hydrogens (primary N) is 1. The highest BCUT2D eigenvalue weighted by molar-refractivity contribution is 5.90. The maximum Gasteiger partial charge on any atom is 0.335 e. The molecule has 0 saturated carbocycles. The number of rotatable bonds is 3.